The Morgan fingerprint density at radius 3 is 2.78 bits per heavy atom. The lowest BCUT2D eigenvalue weighted by molar-refractivity contribution is 0.545. The number of anilines is 1. The maximum atomic E-state index is 13.5. The number of nitrogens with zero attached hydrogens (tertiary/aromatic N) is 3. The van der Waals surface area contributed by atoms with E-state index in [4.69, 9.17) is 9.40 Å². The molecule has 6 heteroatoms. The van der Waals surface area contributed by atoms with Crippen LogP contribution in [0, 0.1) is 18.3 Å². The van der Waals surface area contributed by atoms with Gasteiger partial charge in [-0.3, -0.25) is 0 Å². The van der Waals surface area contributed by atoms with E-state index in [0.29, 0.717) is 11.1 Å². The standard InChI is InChI=1S/C31H27N3O2S/c1-18-23-16-21-9-5-13-34-14-6-10-22(28(21)34)29(23)36-31(35)27(18)20-8-4-7-19(15-20)24(17-32)30-33-25-11-2-3-12-26(25)37-30/h2-3,11-12,15-16H,4-10,13-14H2,1H3/b24-19+. The average Bonchev–Trinajstić information content (AvgIpc) is 3.34. The highest BCUT2D eigenvalue weighted by Gasteiger charge is 2.29. The van der Waals surface area contributed by atoms with Crippen molar-refractivity contribution in [2.45, 2.75) is 51.9 Å². The second-order valence-electron chi connectivity index (χ2n) is 10.3. The van der Waals surface area contributed by atoms with Crippen molar-refractivity contribution in [1.29, 1.82) is 5.26 Å². The van der Waals surface area contributed by atoms with Crippen molar-refractivity contribution < 1.29 is 4.42 Å². The van der Waals surface area contributed by atoms with Gasteiger partial charge in [0.1, 0.15) is 16.7 Å². The summed E-state index contributed by atoms with van der Waals surface area (Å²) in [5, 5.41) is 11.9. The Hall–Kier alpha value is -3.69. The van der Waals surface area contributed by atoms with Crippen molar-refractivity contribution in [3.63, 3.8) is 0 Å². The molecule has 2 aromatic heterocycles. The molecule has 7 rings (SSSR count). The molecule has 0 unspecified atom stereocenters. The van der Waals surface area contributed by atoms with E-state index in [1.807, 2.05) is 24.3 Å². The SMILES string of the molecule is Cc1c(C2=C/C(=C(\C#N)c3nc4ccccc4s3)CCC2)c(=O)oc2c3c4c(cc12)CCCN4CCC3. The fraction of sp³-hybridized carbons (Fsp3) is 0.323. The first kappa shape index (κ1) is 22.5. The lowest BCUT2D eigenvalue weighted by Gasteiger charge is -2.37. The van der Waals surface area contributed by atoms with Crippen LogP contribution in [0.4, 0.5) is 5.69 Å². The highest BCUT2D eigenvalue weighted by Crippen LogP contribution is 2.42. The van der Waals surface area contributed by atoms with Crippen LogP contribution in [-0.4, -0.2) is 18.1 Å². The van der Waals surface area contributed by atoms with E-state index in [-0.39, 0.29) is 5.63 Å². The summed E-state index contributed by atoms with van der Waals surface area (Å²) < 4.78 is 7.20. The van der Waals surface area contributed by atoms with E-state index in [9.17, 15) is 10.1 Å². The van der Waals surface area contributed by atoms with E-state index in [1.54, 1.807) is 11.3 Å². The fourth-order valence-corrected chi connectivity index (χ4v) is 7.48. The van der Waals surface area contributed by atoms with Crippen molar-refractivity contribution in [1.82, 2.24) is 4.98 Å². The number of aromatic nitrogens is 1. The van der Waals surface area contributed by atoms with Crippen LogP contribution in [0.25, 0.3) is 32.3 Å². The van der Waals surface area contributed by atoms with Gasteiger partial charge in [0.25, 0.3) is 0 Å². The topological polar surface area (TPSA) is 70.1 Å². The van der Waals surface area contributed by atoms with Gasteiger partial charge >= 0.3 is 5.63 Å². The molecule has 0 spiro atoms. The van der Waals surface area contributed by atoms with Crippen LogP contribution >= 0.6 is 11.3 Å². The Kier molecular flexibility index (Phi) is 5.30. The lowest BCUT2D eigenvalue weighted by Crippen LogP contribution is -2.34. The minimum Gasteiger partial charge on any atom is -0.422 e. The number of fused-ring (bicyclic) bond motifs is 3. The molecule has 0 saturated carbocycles. The number of para-hydroxylation sites is 1. The molecule has 2 aliphatic heterocycles. The summed E-state index contributed by atoms with van der Waals surface area (Å²) in [6, 6.07) is 12.7. The zero-order valence-electron chi connectivity index (χ0n) is 20.9. The highest BCUT2D eigenvalue weighted by molar-refractivity contribution is 7.19. The van der Waals surface area contributed by atoms with Crippen molar-refractivity contribution in [3.05, 3.63) is 79.7 Å². The second kappa shape index (κ2) is 8.71. The number of rotatable bonds is 2. The van der Waals surface area contributed by atoms with Gasteiger partial charge in [0.2, 0.25) is 0 Å². The molecule has 5 nitrogen and oxygen atoms in total. The summed E-state index contributed by atoms with van der Waals surface area (Å²) in [4.78, 5) is 20.7. The van der Waals surface area contributed by atoms with Gasteiger partial charge in [0, 0.05) is 29.7 Å². The zero-order chi connectivity index (χ0) is 25.1. The molecule has 0 radical (unpaired) electrons. The maximum Gasteiger partial charge on any atom is 0.344 e. The predicted molar refractivity (Wildman–Crippen MR) is 150 cm³/mol. The minimum atomic E-state index is -0.264. The van der Waals surface area contributed by atoms with Crippen molar-refractivity contribution in [2.24, 2.45) is 0 Å². The summed E-state index contributed by atoms with van der Waals surface area (Å²) >= 11 is 1.55. The number of hydrogen-bond donors (Lipinski definition) is 0. The molecule has 0 bridgehead atoms. The van der Waals surface area contributed by atoms with Crippen LogP contribution in [0.5, 0.6) is 0 Å². The molecule has 1 aliphatic carbocycles. The third kappa shape index (κ3) is 3.56. The minimum absolute atomic E-state index is 0.264. The van der Waals surface area contributed by atoms with Crippen LogP contribution < -0.4 is 10.5 Å². The molecule has 0 N–H and O–H groups in total. The van der Waals surface area contributed by atoms with Crippen LogP contribution in [0.15, 0.2) is 51.2 Å². The predicted octanol–water partition coefficient (Wildman–Crippen LogP) is 6.95. The van der Waals surface area contributed by atoms with Gasteiger partial charge in [-0.2, -0.15) is 5.26 Å². The van der Waals surface area contributed by atoms with E-state index < -0.39 is 0 Å². The molecule has 4 aromatic rings. The number of hydrogen-bond acceptors (Lipinski definition) is 6. The van der Waals surface area contributed by atoms with E-state index in [2.05, 4.69) is 30.0 Å². The van der Waals surface area contributed by atoms with Gasteiger partial charge in [-0.15, -0.1) is 11.3 Å². The number of aryl methyl sites for hydroxylation is 3. The van der Waals surface area contributed by atoms with Gasteiger partial charge in [0.15, 0.2) is 0 Å². The molecule has 184 valence electrons. The zero-order valence-corrected chi connectivity index (χ0v) is 21.7. The van der Waals surface area contributed by atoms with Crippen LogP contribution in [0.1, 0.15) is 59.4 Å². The van der Waals surface area contributed by atoms with Crippen LogP contribution in [-0.2, 0) is 12.8 Å². The number of nitriles is 1. The smallest absolute Gasteiger partial charge is 0.344 e. The summed E-state index contributed by atoms with van der Waals surface area (Å²) in [5.41, 5.74) is 9.54. The summed E-state index contributed by atoms with van der Waals surface area (Å²) in [6.07, 6.45) is 8.84. The van der Waals surface area contributed by atoms with Crippen LogP contribution in [0.3, 0.4) is 0 Å². The van der Waals surface area contributed by atoms with Crippen molar-refractivity contribution >= 4 is 49.4 Å². The third-order valence-electron chi connectivity index (χ3n) is 8.15. The molecule has 0 atom stereocenters. The Bertz CT molecular complexity index is 1730. The maximum absolute atomic E-state index is 13.5. The lowest BCUT2D eigenvalue weighted by atomic mass is 9.85. The van der Waals surface area contributed by atoms with E-state index in [1.165, 1.54) is 23.2 Å². The molecule has 37 heavy (non-hydrogen) atoms. The van der Waals surface area contributed by atoms with E-state index >= 15 is 0 Å². The second-order valence-corrected chi connectivity index (χ2v) is 11.4. The highest BCUT2D eigenvalue weighted by atomic mass is 32.1. The fourth-order valence-electron chi connectivity index (χ4n) is 6.48. The Balaban J connectivity index is 1.40. The molecular weight excluding hydrogens is 478 g/mol. The molecule has 0 amide bonds. The monoisotopic (exact) mass is 505 g/mol. The van der Waals surface area contributed by atoms with Crippen molar-refractivity contribution in [2.75, 3.05) is 18.0 Å². The molecule has 4 heterocycles. The summed E-state index contributed by atoms with van der Waals surface area (Å²) in [5.74, 6) is 0. The quantitative estimate of drug-likeness (QED) is 0.218. The molecule has 0 saturated heterocycles. The normalized spacial score (nSPS) is 18.5. The number of benzene rings is 2. The van der Waals surface area contributed by atoms with Crippen molar-refractivity contribution in [3.8, 4) is 6.07 Å². The summed E-state index contributed by atoms with van der Waals surface area (Å²) in [7, 11) is 0. The first-order chi connectivity index (χ1) is 18.1. The first-order valence-corrected chi connectivity index (χ1v) is 14.0. The molecular formula is C31H27N3O2S. The Morgan fingerprint density at radius 2 is 1.95 bits per heavy atom. The van der Waals surface area contributed by atoms with Gasteiger partial charge in [-0.05, 0) is 92.3 Å². The number of allylic oxidation sites excluding steroid dienone is 4. The Morgan fingerprint density at radius 1 is 1.11 bits per heavy atom. The van der Waals surface area contributed by atoms with Gasteiger partial charge in [-0.1, -0.05) is 18.2 Å². The molecule has 0 fully saturated rings. The third-order valence-corrected chi connectivity index (χ3v) is 9.21. The van der Waals surface area contributed by atoms with Gasteiger partial charge in [0.05, 0.1) is 21.4 Å². The summed E-state index contributed by atoms with van der Waals surface area (Å²) in [6.45, 7) is 4.24. The van der Waals surface area contributed by atoms with Crippen LogP contribution in [0.2, 0.25) is 0 Å². The van der Waals surface area contributed by atoms with Gasteiger partial charge < -0.3 is 9.32 Å². The molecule has 2 aromatic carbocycles. The first-order valence-electron chi connectivity index (χ1n) is 13.2. The average molecular weight is 506 g/mol. The number of thiazole rings is 1. The largest absolute Gasteiger partial charge is 0.422 e. The Labute approximate surface area is 219 Å². The van der Waals surface area contributed by atoms with Gasteiger partial charge in [-0.25, -0.2) is 9.78 Å². The molecule has 3 aliphatic rings. The van der Waals surface area contributed by atoms with E-state index in [0.717, 1.165) is 94.5 Å².